The van der Waals surface area contributed by atoms with Gasteiger partial charge >= 0.3 is 0 Å². The van der Waals surface area contributed by atoms with Crippen LogP contribution < -0.4 is 5.73 Å². The summed E-state index contributed by atoms with van der Waals surface area (Å²) in [5.41, 5.74) is 6.74. The Morgan fingerprint density at radius 3 is 2.47 bits per heavy atom. The van der Waals surface area contributed by atoms with Crippen LogP contribution in [0.15, 0.2) is 18.2 Å². The molecule has 1 aliphatic carbocycles. The molecule has 1 fully saturated rings. The third-order valence-corrected chi connectivity index (χ3v) is 3.65. The Hall–Kier alpha value is -1.22. The molecule has 1 saturated carbocycles. The van der Waals surface area contributed by atoms with Crippen LogP contribution in [0.2, 0.25) is 0 Å². The lowest BCUT2D eigenvalue weighted by Crippen LogP contribution is -2.05. The van der Waals surface area contributed by atoms with E-state index in [9.17, 15) is 10.2 Å². The van der Waals surface area contributed by atoms with Gasteiger partial charge in [0.1, 0.15) is 11.5 Å². The van der Waals surface area contributed by atoms with Crippen molar-refractivity contribution in [1.29, 1.82) is 0 Å². The summed E-state index contributed by atoms with van der Waals surface area (Å²) in [6, 6.07) is 4.78. The summed E-state index contributed by atoms with van der Waals surface area (Å²) < 4.78 is 0. The van der Waals surface area contributed by atoms with E-state index in [0.717, 1.165) is 5.56 Å². The van der Waals surface area contributed by atoms with E-state index in [1.54, 1.807) is 12.1 Å². The second-order valence-electron chi connectivity index (χ2n) is 4.88. The average Bonchev–Trinajstić information content (AvgIpc) is 2.68. The van der Waals surface area contributed by atoms with Gasteiger partial charge in [0.25, 0.3) is 0 Å². The minimum absolute atomic E-state index is 0.0963. The van der Waals surface area contributed by atoms with E-state index in [4.69, 9.17) is 5.73 Å². The maximum Gasteiger partial charge on any atom is 0.122 e. The highest BCUT2D eigenvalue weighted by molar-refractivity contribution is 5.45. The monoisotopic (exact) mass is 207 g/mol. The quantitative estimate of drug-likeness (QED) is 0.692. The van der Waals surface area contributed by atoms with Crippen molar-refractivity contribution in [1.82, 2.24) is 0 Å². The molecule has 15 heavy (non-hydrogen) atoms. The Balaban J connectivity index is 2.33. The van der Waals surface area contributed by atoms with E-state index in [1.807, 2.05) is 0 Å². The van der Waals surface area contributed by atoms with Crippen LogP contribution in [0, 0.1) is 11.3 Å². The van der Waals surface area contributed by atoms with Crippen molar-refractivity contribution in [2.45, 2.75) is 19.8 Å². The van der Waals surface area contributed by atoms with Crippen molar-refractivity contribution >= 4 is 0 Å². The molecule has 0 saturated heterocycles. The molecule has 4 N–H and O–H groups in total. The third kappa shape index (κ3) is 1.47. The van der Waals surface area contributed by atoms with Gasteiger partial charge in [-0.1, -0.05) is 19.9 Å². The number of aromatic hydroxyl groups is 2. The second kappa shape index (κ2) is 3.14. The van der Waals surface area contributed by atoms with Gasteiger partial charge in [-0.15, -0.1) is 0 Å². The average molecular weight is 207 g/mol. The molecule has 1 aromatic rings. The first-order chi connectivity index (χ1) is 6.98. The number of benzene rings is 1. The summed E-state index contributed by atoms with van der Waals surface area (Å²) in [5, 5.41) is 19.0. The molecule has 3 nitrogen and oxygen atoms in total. The van der Waals surface area contributed by atoms with Crippen molar-refractivity contribution in [2.24, 2.45) is 17.1 Å². The smallest absolute Gasteiger partial charge is 0.122 e. The number of phenolic OH excluding ortho intramolecular Hbond substituents is 2. The van der Waals surface area contributed by atoms with Gasteiger partial charge in [-0.3, -0.25) is 0 Å². The van der Waals surface area contributed by atoms with Crippen LogP contribution in [0.5, 0.6) is 11.5 Å². The summed E-state index contributed by atoms with van der Waals surface area (Å²) in [5.74, 6) is 0.999. The zero-order valence-electron chi connectivity index (χ0n) is 9.07. The molecule has 0 aromatic heterocycles. The highest BCUT2D eigenvalue weighted by Gasteiger charge is 2.57. The van der Waals surface area contributed by atoms with Crippen LogP contribution >= 0.6 is 0 Å². The van der Waals surface area contributed by atoms with Crippen LogP contribution in [0.1, 0.15) is 25.3 Å². The molecule has 0 unspecified atom stereocenters. The van der Waals surface area contributed by atoms with Gasteiger partial charge in [0.2, 0.25) is 0 Å². The van der Waals surface area contributed by atoms with Gasteiger partial charge in [0.15, 0.2) is 0 Å². The van der Waals surface area contributed by atoms with Crippen molar-refractivity contribution in [2.75, 3.05) is 6.54 Å². The van der Waals surface area contributed by atoms with Gasteiger partial charge < -0.3 is 15.9 Å². The fourth-order valence-corrected chi connectivity index (χ4v) is 2.60. The first-order valence-corrected chi connectivity index (χ1v) is 5.20. The summed E-state index contributed by atoms with van der Waals surface area (Å²) in [6.45, 7) is 4.95. The van der Waals surface area contributed by atoms with Crippen molar-refractivity contribution < 1.29 is 10.2 Å². The molecule has 0 heterocycles. The largest absolute Gasteiger partial charge is 0.508 e. The van der Waals surface area contributed by atoms with Crippen LogP contribution in [-0.4, -0.2) is 16.8 Å². The molecular weight excluding hydrogens is 190 g/mol. The molecule has 1 aliphatic rings. The minimum Gasteiger partial charge on any atom is -0.508 e. The number of phenols is 2. The van der Waals surface area contributed by atoms with Crippen LogP contribution in [0.4, 0.5) is 0 Å². The maximum atomic E-state index is 9.75. The lowest BCUT2D eigenvalue weighted by molar-refractivity contribution is 0.443. The van der Waals surface area contributed by atoms with Gasteiger partial charge in [-0.25, -0.2) is 0 Å². The van der Waals surface area contributed by atoms with E-state index < -0.39 is 0 Å². The predicted molar refractivity (Wildman–Crippen MR) is 58.8 cm³/mol. The minimum atomic E-state index is 0.0963. The van der Waals surface area contributed by atoms with Crippen molar-refractivity contribution in [3.63, 3.8) is 0 Å². The topological polar surface area (TPSA) is 66.5 Å². The Labute approximate surface area is 89.5 Å². The number of hydrogen-bond acceptors (Lipinski definition) is 3. The molecule has 0 aliphatic heterocycles. The zero-order valence-corrected chi connectivity index (χ0v) is 9.07. The van der Waals surface area contributed by atoms with E-state index in [2.05, 4.69) is 13.8 Å². The zero-order chi connectivity index (χ0) is 11.2. The summed E-state index contributed by atoms with van der Waals surface area (Å²) >= 11 is 0. The Morgan fingerprint density at radius 1 is 1.33 bits per heavy atom. The first kappa shape index (κ1) is 10.3. The van der Waals surface area contributed by atoms with Gasteiger partial charge in [0.05, 0.1) is 0 Å². The molecule has 0 bridgehead atoms. The number of nitrogens with two attached hydrogens (primary N) is 1. The lowest BCUT2D eigenvalue weighted by Gasteiger charge is -2.06. The summed E-state index contributed by atoms with van der Waals surface area (Å²) in [7, 11) is 0. The van der Waals surface area contributed by atoms with Crippen molar-refractivity contribution in [3.8, 4) is 11.5 Å². The van der Waals surface area contributed by atoms with E-state index in [0.29, 0.717) is 18.4 Å². The molecular formula is C12H17NO2. The third-order valence-electron chi connectivity index (χ3n) is 3.65. The fourth-order valence-electron chi connectivity index (χ4n) is 2.60. The lowest BCUT2D eigenvalue weighted by atomic mass is 10.0. The van der Waals surface area contributed by atoms with Crippen molar-refractivity contribution in [3.05, 3.63) is 23.8 Å². The van der Waals surface area contributed by atoms with Gasteiger partial charge in [0, 0.05) is 6.07 Å². The van der Waals surface area contributed by atoms with Gasteiger partial charge in [-0.2, -0.15) is 0 Å². The van der Waals surface area contributed by atoms with Crippen LogP contribution in [0.3, 0.4) is 0 Å². The van der Waals surface area contributed by atoms with E-state index in [1.165, 1.54) is 6.07 Å². The molecule has 0 spiro atoms. The van der Waals surface area contributed by atoms with E-state index in [-0.39, 0.29) is 16.9 Å². The second-order valence-corrected chi connectivity index (χ2v) is 4.88. The standard InChI is InChI=1S/C12H17NO2/c1-12(2)9(6-13)11(12)8-4-3-7(14)5-10(8)15/h3-5,9,11,14-15H,6,13H2,1-2H3/t9-,11-/m0/s1. The van der Waals surface area contributed by atoms with E-state index >= 15 is 0 Å². The molecule has 2 atom stereocenters. The normalized spacial score (nSPS) is 27.7. The van der Waals surface area contributed by atoms with Gasteiger partial charge in [-0.05, 0) is 35.4 Å². The highest BCUT2D eigenvalue weighted by atomic mass is 16.3. The fraction of sp³-hybridized carbons (Fsp3) is 0.500. The maximum absolute atomic E-state index is 9.75. The number of hydrogen-bond donors (Lipinski definition) is 3. The molecule has 3 heteroatoms. The Kier molecular flexibility index (Phi) is 2.15. The van der Waals surface area contributed by atoms with Crippen LogP contribution in [-0.2, 0) is 0 Å². The molecule has 82 valence electrons. The first-order valence-electron chi connectivity index (χ1n) is 5.20. The molecule has 1 aromatic carbocycles. The number of rotatable bonds is 2. The van der Waals surface area contributed by atoms with Crippen LogP contribution in [0.25, 0.3) is 0 Å². The molecule has 0 amide bonds. The molecule has 2 rings (SSSR count). The SMILES string of the molecule is CC1(C)[C@@H](CN)[C@@H]1c1ccc(O)cc1O. The Morgan fingerprint density at radius 2 is 2.00 bits per heavy atom. The summed E-state index contributed by atoms with van der Waals surface area (Å²) in [4.78, 5) is 0. The molecule has 0 radical (unpaired) electrons. The summed E-state index contributed by atoms with van der Waals surface area (Å²) in [6.07, 6.45) is 0. The highest BCUT2D eigenvalue weighted by Crippen LogP contribution is 2.65. The predicted octanol–water partition coefficient (Wildman–Crippen LogP) is 1.80. The Bertz CT molecular complexity index is 387.